The molecule has 0 spiro atoms. The number of amides is 1. The van der Waals surface area contributed by atoms with Crippen LogP contribution in [0.15, 0.2) is 47.4 Å². The van der Waals surface area contributed by atoms with Crippen molar-refractivity contribution in [2.75, 3.05) is 17.9 Å². The molecule has 0 atom stereocenters. The van der Waals surface area contributed by atoms with Crippen molar-refractivity contribution in [2.45, 2.75) is 24.9 Å². The minimum Gasteiger partial charge on any atom is -0.482 e. The topological polar surface area (TPSA) is 84.5 Å². The number of hydrogen-bond donors (Lipinski definition) is 2. The van der Waals surface area contributed by atoms with E-state index < -0.39 is 21.8 Å². The van der Waals surface area contributed by atoms with Crippen LogP contribution in [0.3, 0.4) is 0 Å². The lowest BCUT2D eigenvalue weighted by molar-refractivity contribution is -0.137. The van der Waals surface area contributed by atoms with Crippen LogP contribution in [0.4, 0.5) is 18.9 Å². The summed E-state index contributed by atoms with van der Waals surface area (Å²) in [4.78, 5) is 11.4. The fourth-order valence-electron chi connectivity index (χ4n) is 2.25. The summed E-state index contributed by atoms with van der Waals surface area (Å²) in [6.45, 7) is 4.05. The highest BCUT2D eigenvalue weighted by Crippen LogP contribution is 2.32. The van der Waals surface area contributed by atoms with E-state index >= 15 is 0 Å². The molecule has 6 nitrogen and oxygen atoms in total. The molecule has 2 N–H and O–H groups in total. The van der Waals surface area contributed by atoms with Crippen molar-refractivity contribution in [2.24, 2.45) is 5.92 Å². The number of sulfonamides is 1. The van der Waals surface area contributed by atoms with Crippen molar-refractivity contribution in [1.29, 1.82) is 0 Å². The Morgan fingerprint density at radius 1 is 1.17 bits per heavy atom. The molecule has 0 saturated carbocycles. The Hall–Kier alpha value is -2.46. The normalized spacial score (nSPS) is 12.0. The third-order valence-corrected chi connectivity index (χ3v) is 5.40. The van der Waals surface area contributed by atoms with Gasteiger partial charge in [0, 0.05) is 12.2 Å². The lowest BCUT2D eigenvalue weighted by atomic mass is 10.2. The van der Waals surface area contributed by atoms with E-state index in [2.05, 4.69) is 10.0 Å². The Balaban J connectivity index is 2.10. The number of rotatable bonds is 8. The number of halogens is 4. The third-order valence-electron chi connectivity index (χ3n) is 3.72. The van der Waals surface area contributed by atoms with Crippen LogP contribution in [0.1, 0.15) is 19.4 Å². The average Bonchev–Trinajstić information content (AvgIpc) is 2.64. The molecule has 0 heterocycles. The Morgan fingerprint density at radius 3 is 2.47 bits per heavy atom. The van der Waals surface area contributed by atoms with Gasteiger partial charge in [-0.05, 0) is 42.3 Å². The van der Waals surface area contributed by atoms with Gasteiger partial charge in [-0.2, -0.15) is 13.2 Å². The van der Waals surface area contributed by atoms with E-state index in [0.717, 1.165) is 18.2 Å². The fourth-order valence-corrected chi connectivity index (χ4v) is 3.63. The van der Waals surface area contributed by atoms with Gasteiger partial charge in [0.1, 0.15) is 5.75 Å². The van der Waals surface area contributed by atoms with Crippen molar-refractivity contribution >= 4 is 33.2 Å². The van der Waals surface area contributed by atoms with Crippen LogP contribution in [0.2, 0.25) is 5.02 Å². The van der Waals surface area contributed by atoms with E-state index in [9.17, 15) is 26.4 Å². The molecule has 0 radical (unpaired) electrons. The zero-order valence-corrected chi connectivity index (χ0v) is 17.7. The van der Waals surface area contributed by atoms with Crippen LogP contribution in [-0.2, 0) is 21.0 Å². The number of hydrogen-bond acceptors (Lipinski definition) is 4. The lowest BCUT2D eigenvalue weighted by Crippen LogP contribution is -2.31. The summed E-state index contributed by atoms with van der Waals surface area (Å²) in [5, 5.41) is 2.59. The van der Waals surface area contributed by atoms with Crippen LogP contribution < -0.4 is 14.8 Å². The Kier molecular flexibility index (Phi) is 7.59. The van der Waals surface area contributed by atoms with E-state index in [4.69, 9.17) is 16.3 Å². The summed E-state index contributed by atoms with van der Waals surface area (Å²) < 4.78 is 70.7. The maximum Gasteiger partial charge on any atom is 0.416 e. The lowest BCUT2D eigenvalue weighted by Gasteiger charge is -2.13. The highest BCUT2D eigenvalue weighted by atomic mass is 35.5. The molecule has 2 rings (SSSR count). The van der Waals surface area contributed by atoms with Crippen LogP contribution in [0, 0.1) is 5.92 Å². The molecule has 0 aliphatic heterocycles. The molecule has 11 heteroatoms. The Labute approximate surface area is 177 Å². The second kappa shape index (κ2) is 9.57. The van der Waals surface area contributed by atoms with E-state index in [1.165, 1.54) is 18.2 Å². The van der Waals surface area contributed by atoms with E-state index in [-0.39, 0.29) is 39.8 Å². The van der Waals surface area contributed by atoms with Crippen LogP contribution in [0.5, 0.6) is 5.75 Å². The van der Waals surface area contributed by atoms with Gasteiger partial charge in [0.2, 0.25) is 0 Å². The van der Waals surface area contributed by atoms with Gasteiger partial charge >= 0.3 is 6.18 Å². The largest absolute Gasteiger partial charge is 0.482 e. The molecule has 1 amide bonds. The number of ether oxygens (including phenoxy) is 1. The highest BCUT2D eigenvalue weighted by molar-refractivity contribution is 7.92. The first-order chi connectivity index (χ1) is 13.9. The summed E-state index contributed by atoms with van der Waals surface area (Å²) >= 11 is 6.04. The molecule has 0 fully saturated rings. The van der Waals surface area contributed by atoms with Gasteiger partial charge < -0.3 is 10.1 Å². The summed E-state index contributed by atoms with van der Waals surface area (Å²) in [7, 11) is -4.20. The van der Waals surface area contributed by atoms with Crippen molar-refractivity contribution in [1.82, 2.24) is 5.32 Å². The molecule has 2 aromatic rings. The predicted octanol–water partition coefficient (Wildman–Crippen LogP) is 4.31. The molecule has 164 valence electrons. The molecule has 0 aromatic heterocycles. The first-order valence-electron chi connectivity index (χ1n) is 8.77. The van der Waals surface area contributed by atoms with Gasteiger partial charge in [0.15, 0.2) is 6.61 Å². The van der Waals surface area contributed by atoms with Crippen LogP contribution in [0.25, 0.3) is 0 Å². The van der Waals surface area contributed by atoms with Gasteiger partial charge in [0.25, 0.3) is 15.9 Å². The van der Waals surface area contributed by atoms with Gasteiger partial charge in [-0.1, -0.05) is 31.5 Å². The predicted molar refractivity (Wildman–Crippen MR) is 107 cm³/mol. The van der Waals surface area contributed by atoms with E-state index in [1.807, 2.05) is 13.8 Å². The molecule has 0 unspecified atom stereocenters. The third kappa shape index (κ3) is 6.81. The second-order valence-corrected chi connectivity index (χ2v) is 8.85. The van der Waals surface area contributed by atoms with E-state index in [0.29, 0.717) is 12.6 Å². The molecule has 0 saturated heterocycles. The number of carbonyl (C=O) groups excluding carboxylic acids is 1. The Morgan fingerprint density at radius 2 is 1.87 bits per heavy atom. The van der Waals surface area contributed by atoms with Crippen LogP contribution >= 0.6 is 11.6 Å². The minimum absolute atomic E-state index is 0.0708. The Bertz CT molecular complexity index is 1010. The average molecular weight is 465 g/mol. The molecular weight excluding hydrogens is 445 g/mol. The summed E-state index contributed by atoms with van der Waals surface area (Å²) in [6, 6.07) is 7.32. The van der Waals surface area contributed by atoms with Crippen molar-refractivity contribution in [3.05, 3.63) is 53.1 Å². The van der Waals surface area contributed by atoms with Gasteiger partial charge in [-0.25, -0.2) is 8.42 Å². The van der Waals surface area contributed by atoms with E-state index in [1.54, 1.807) is 0 Å². The number of carbonyl (C=O) groups is 1. The molecule has 30 heavy (non-hydrogen) atoms. The van der Waals surface area contributed by atoms with Gasteiger partial charge in [-0.3, -0.25) is 9.52 Å². The smallest absolute Gasteiger partial charge is 0.416 e. The number of anilines is 1. The fraction of sp³-hybridized carbons (Fsp3) is 0.316. The molecule has 0 aliphatic carbocycles. The molecule has 2 aromatic carbocycles. The highest BCUT2D eigenvalue weighted by Gasteiger charge is 2.30. The number of alkyl halides is 3. The van der Waals surface area contributed by atoms with Crippen molar-refractivity contribution < 1.29 is 31.1 Å². The summed E-state index contributed by atoms with van der Waals surface area (Å²) in [6.07, 6.45) is -4.61. The number of benzene rings is 2. The molecule has 0 aliphatic rings. The number of nitrogens with one attached hydrogen (secondary N) is 2. The van der Waals surface area contributed by atoms with Gasteiger partial charge in [0.05, 0.1) is 15.5 Å². The molecule has 0 bridgehead atoms. The zero-order chi connectivity index (χ0) is 22.5. The first-order valence-corrected chi connectivity index (χ1v) is 10.6. The summed E-state index contributed by atoms with van der Waals surface area (Å²) in [5.41, 5.74) is -1.23. The van der Waals surface area contributed by atoms with Crippen molar-refractivity contribution in [3.63, 3.8) is 0 Å². The maximum atomic E-state index is 12.8. The monoisotopic (exact) mass is 464 g/mol. The SMILES string of the molecule is CC(C)CNC(=O)COc1ccc(S(=O)(=O)Nc2cccc(C(F)(F)F)c2)cc1Cl. The summed E-state index contributed by atoms with van der Waals surface area (Å²) in [5.74, 6) is 0.00316. The first kappa shape index (κ1) is 23.8. The van der Waals surface area contributed by atoms with Gasteiger partial charge in [-0.15, -0.1) is 0 Å². The minimum atomic E-state index is -4.61. The van der Waals surface area contributed by atoms with Crippen molar-refractivity contribution in [3.8, 4) is 5.75 Å². The second-order valence-electron chi connectivity index (χ2n) is 6.76. The zero-order valence-electron chi connectivity index (χ0n) is 16.1. The standard InChI is InChI=1S/C19H20ClF3N2O4S/c1-12(2)10-24-18(26)11-29-17-7-6-15(9-16(17)20)30(27,28)25-14-5-3-4-13(8-14)19(21,22)23/h3-9,12,25H,10-11H2,1-2H3,(H,24,26). The maximum absolute atomic E-state index is 12.8. The molecular formula is C19H20ClF3N2O4S. The van der Waals surface area contributed by atoms with Crippen LogP contribution in [-0.4, -0.2) is 27.5 Å². The quantitative estimate of drug-likeness (QED) is 0.609.